The second-order valence-corrected chi connectivity index (χ2v) is 4.65. The van der Waals surface area contributed by atoms with Gasteiger partial charge in [0.05, 0.1) is 18.6 Å². The van der Waals surface area contributed by atoms with Gasteiger partial charge in [0.25, 0.3) is 0 Å². The van der Waals surface area contributed by atoms with E-state index in [4.69, 9.17) is 0 Å². The van der Waals surface area contributed by atoms with E-state index in [1.54, 1.807) is 6.33 Å². The van der Waals surface area contributed by atoms with Crippen molar-refractivity contribution < 1.29 is 0 Å². The Bertz CT molecular complexity index is 491. The molecule has 0 amide bonds. The molecule has 3 nitrogen and oxygen atoms in total. The zero-order chi connectivity index (χ0) is 11.5. The number of nitrogens with zero attached hydrogens (tertiary/aromatic N) is 1. The van der Waals surface area contributed by atoms with E-state index in [0.717, 1.165) is 28.1 Å². The molecule has 0 fully saturated rings. The number of imidazole rings is 1. The number of nitrogens with one attached hydrogen (secondary N) is 2. The molecule has 0 spiro atoms. The second-order valence-electron chi connectivity index (χ2n) is 3.79. The molecule has 2 aromatic rings. The van der Waals surface area contributed by atoms with Gasteiger partial charge in [-0.2, -0.15) is 0 Å². The van der Waals surface area contributed by atoms with E-state index in [9.17, 15) is 0 Å². The van der Waals surface area contributed by atoms with Gasteiger partial charge in [-0.15, -0.1) is 0 Å². The van der Waals surface area contributed by atoms with E-state index < -0.39 is 0 Å². The maximum atomic E-state index is 4.24. The standard InChI is InChI=1S/C12H14BrN3/c1-8-5-10(3-4-11(8)13)14-6-12-9(2)15-7-16-12/h3-5,7,14H,6H2,1-2H3,(H,15,16). The number of aryl methyl sites for hydroxylation is 2. The average Bonchev–Trinajstić information content (AvgIpc) is 2.66. The predicted octanol–water partition coefficient (Wildman–Crippen LogP) is 3.40. The molecule has 0 aliphatic rings. The quantitative estimate of drug-likeness (QED) is 0.904. The Morgan fingerprint density at radius 1 is 1.38 bits per heavy atom. The maximum absolute atomic E-state index is 4.24. The Morgan fingerprint density at radius 3 is 2.81 bits per heavy atom. The lowest BCUT2D eigenvalue weighted by molar-refractivity contribution is 1.05. The van der Waals surface area contributed by atoms with Crippen LogP contribution in [0, 0.1) is 13.8 Å². The molecule has 16 heavy (non-hydrogen) atoms. The topological polar surface area (TPSA) is 40.7 Å². The SMILES string of the molecule is Cc1cc(NCc2nc[nH]c2C)ccc1Br. The Kier molecular flexibility index (Phi) is 3.29. The number of rotatable bonds is 3. The van der Waals surface area contributed by atoms with Gasteiger partial charge in [0.15, 0.2) is 0 Å². The lowest BCUT2D eigenvalue weighted by atomic mass is 10.2. The molecule has 1 heterocycles. The number of anilines is 1. The fourth-order valence-corrected chi connectivity index (χ4v) is 1.75. The van der Waals surface area contributed by atoms with Crippen LogP contribution in [0.25, 0.3) is 0 Å². The van der Waals surface area contributed by atoms with E-state index in [1.807, 2.05) is 6.92 Å². The van der Waals surface area contributed by atoms with Gasteiger partial charge < -0.3 is 10.3 Å². The molecule has 0 bridgehead atoms. The van der Waals surface area contributed by atoms with Gasteiger partial charge in [-0.1, -0.05) is 15.9 Å². The molecule has 0 atom stereocenters. The summed E-state index contributed by atoms with van der Waals surface area (Å²) in [6.07, 6.45) is 1.72. The summed E-state index contributed by atoms with van der Waals surface area (Å²) < 4.78 is 1.13. The largest absolute Gasteiger partial charge is 0.379 e. The van der Waals surface area contributed by atoms with Crippen molar-refractivity contribution in [2.75, 3.05) is 5.32 Å². The minimum Gasteiger partial charge on any atom is -0.379 e. The van der Waals surface area contributed by atoms with E-state index >= 15 is 0 Å². The van der Waals surface area contributed by atoms with Crippen LogP contribution in [0.4, 0.5) is 5.69 Å². The van der Waals surface area contributed by atoms with Gasteiger partial charge in [-0.05, 0) is 37.6 Å². The van der Waals surface area contributed by atoms with E-state index in [1.165, 1.54) is 5.56 Å². The van der Waals surface area contributed by atoms with Gasteiger partial charge in [-0.25, -0.2) is 4.98 Å². The third kappa shape index (κ3) is 2.44. The molecule has 4 heteroatoms. The number of H-pyrrole nitrogens is 1. The first-order valence-electron chi connectivity index (χ1n) is 5.15. The summed E-state index contributed by atoms with van der Waals surface area (Å²) in [7, 11) is 0. The Labute approximate surface area is 103 Å². The number of hydrogen-bond acceptors (Lipinski definition) is 2. The van der Waals surface area contributed by atoms with Crippen molar-refractivity contribution in [2.45, 2.75) is 20.4 Å². The predicted molar refractivity (Wildman–Crippen MR) is 69.5 cm³/mol. The number of halogens is 1. The average molecular weight is 280 g/mol. The van der Waals surface area contributed by atoms with Gasteiger partial charge in [0.1, 0.15) is 0 Å². The fourth-order valence-electron chi connectivity index (χ4n) is 1.51. The van der Waals surface area contributed by atoms with Crippen LogP contribution < -0.4 is 5.32 Å². The van der Waals surface area contributed by atoms with Crippen LogP contribution in [0.1, 0.15) is 17.0 Å². The molecule has 1 aromatic heterocycles. The van der Waals surface area contributed by atoms with Gasteiger partial charge in [-0.3, -0.25) is 0 Å². The summed E-state index contributed by atoms with van der Waals surface area (Å²) in [6.45, 7) is 4.85. The minimum atomic E-state index is 0.746. The van der Waals surface area contributed by atoms with Gasteiger partial charge in [0, 0.05) is 15.9 Å². The van der Waals surface area contributed by atoms with Crippen molar-refractivity contribution in [3.05, 3.63) is 46.0 Å². The smallest absolute Gasteiger partial charge is 0.0925 e. The highest BCUT2D eigenvalue weighted by Crippen LogP contribution is 2.20. The lowest BCUT2D eigenvalue weighted by Gasteiger charge is -2.07. The normalized spacial score (nSPS) is 10.4. The van der Waals surface area contributed by atoms with Crippen LogP contribution in [-0.2, 0) is 6.54 Å². The third-order valence-corrected chi connectivity index (χ3v) is 3.44. The molecule has 2 N–H and O–H groups in total. The molecular formula is C12H14BrN3. The van der Waals surface area contributed by atoms with Gasteiger partial charge >= 0.3 is 0 Å². The van der Waals surface area contributed by atoms with Crippen molar-refractivity contribution in [1.29, 1.82) is 0 Å². The Hall–Kier alpha value is -1.29. The van der Waals surface area contributed by atoms with Crippen molar-refractivity contribution >= 4 is 21.6 Å². The van der Waals surface area contributed by atoms with Crippen molar-refractivity contribution in [2.24, 2.45) is 0 Å². The van der Waals surface area contributed by atoms with Crippen LogP contribution in [0.3, 0.4) is 0 Å². The molecule has 0 saturated heterocycles. The molecule has 2 rings (SSSR count). The summed E-state index contributed by atoms with van der Waals surface area (Å²) in [5.41, 5.74) is 4.51. The highest BCUT2D eigenvalue weighted by molar-refractivity contribution is 9.10. The number of aromatic amines is 1. The van der Waals surface area contributed by atoms with Gasteiger partial charge in [0.2, 0.25) is 0 Å². The molecule has 84 valence electrons. The van der Waals surface area contributed by atoms with Crippen LogP contribution in [0.5, 0.6) is 0 Å². The van der Waals surface area contributed by atoms with Crippen molar-refractivity contribution in [1.82, 2.24) is 9.97 Å². The second kappa shape index (κ2) is 4.70. The zero-order valence-corrected chi connectivity index (χ0v) is 10.9. The summed E-state index contributed by atoms with van der Waals surface area (Å²) >= 11 is 3.49. The maximum Gasteiger partial charge on any atom is 0.0925 e. The Balaban J connectivity index is 2.05. The summed E-state index contributed by atoms with van der Waals surface area (Å²) in [6, 6.07) is 6.22. The Morgan fingerprint density at radius 2 is 2.19 bits per heavy atom. The summed E-state index contributed by atoms with van der Waals surface area (Å²) in [4.78, 5) is 7.31. The van der Waals surface area contributed by atoms with E-state index in [2.05, 4.69) is 56.3 Å². The van der Waals surface area contributed by atoms with Crippen LogP contribution in [0.2, 0.25) is 0 Å². The zero-order valence-electron chi connectivity index (χ0n) is 9.34. The highest BCUT2D eigenvalue weighted by Gasteiger charge is 2.01. The third-order valence-electron chi connectivity index (χ3n) is 2.55. The highest BCUT2D eigenvalue weighted by atomic mass is 79.9. The number of aromatic nitrogens is 2. The summed E-state index contributed by atoms with van der Waals surface area (Å²) in [5.74, 6) is 0. The first kappa shape index (κ1) is 11.2. The molecule has 0 unspecified atom stereocenters. The van der Waals surface area contributed by atoms with E-state index in [-0.39, 0.29) is 0 Å². The molecular weight excluding hydrogens is 266 g/mol. The number of hydrogen-bond donors (Lipinski definition) is 2. The molecule has 0 radical (unpaired) electrons. The van der Waals surface area contributed by atoms with Crippen molar-refractivity contribution in [3.63, 3.8) is 0 Å². The van der Waals surface area contributed by atoms with E-state index in [0.29, 0.717) is 0 Å². The van der Waals surface area contributed by atoms with Crippen LogP contribution in [0.15, 0.2) is 29.0 Å². The van der Waals surface area contributed by atoms with Crippen LogP contribution >= 0.6 is 15.9 Å². The molecule has 0 saturated carbocycles. The minimum absolute atomic E-state index is 0.746. The first-order valence-corrected chi connectivity index (χ1v) is 5.95. The monoisotopic (exact) mass is 279 g/mol. The summed E-state index contributed by atoms with van der Waals surface area (Å²) in [5, 5.41) is 3.35. The molecule has 0 aliphatic heterocycles. The molecule has 0 aliphatic carbocycles. The lowest BCUT2D eigenvalue weighted by Crippen LogP contribution is -2.01. The first-order chi connectivity index (χ1) is 7.66. The number of benzene rings is 1. The fraction of sp³-hybridized carbons (Fsp3) is 0.250. The molecule has 1 aromatic carbocycles. The van der Waals surface area contributed by atoms with Crippen LogP contribution in [-0.4, -0.2) is 9.97 Å². The van der Waals surface area contributed by atoms with Crippen molar-refractivity contribution in [3.8, 4) is 0 Å².